The van der Waals surface area contributed by atoms with E-state index >= 15 is 4.39 Å². The Balaban J connectivity index is 2.15. The summed E-state index contributed by atoms with van der Waals surface area (Å²) in [6, 6.07) is 3.54. The first-order chi connectivity index (χ1) is 12.8. The highest BCUT2D eigenvalue weighted by molar-refractivity contribution is 5.99. The normalized spacial score (nSPS) is 17.4. The highest BCUT2D eigenvalue weighted by Crippen LogP contribution is 2.36. The number of hydrogen-bond acceptors (Lipinski definition) is 2. The average molecular weight is 373 g/mol. The molecule has 146 valence electrons. The molecule has 1 atom stereocenters. The van der Waals surface area contributed by atoms with Gasteiger partial charge in [-0.3, -0.25) is 9.59 Å². The van der Waals surface area contributed by atoms with Gasteiger partial charge in [0.25, 0.3) is 5.91 Å². The number of amides is 2. The van der Waals surface area contributed by atoms with Crippen LogP contribution in [0.2, 0.25) is 0 Å². The molecule has 1 aliphatic heterocycles. The molecule has 0 saturated carbocycles. The van der Waals surface area contributed by atoms with Crippen LogP contribution in [0.15, 0.2) is 12.1 Å². The molecule has 27 heavy (non-hydrogen) atoms. The zero-order chi connectivity index (χ0) is 19.9. The van der Waals surface area contributed by atoms with Crippen LogP contribution in [0.25, 0.3) is 10.9 Å². The van der Waals surface area contributed by atoms with Gasteiger partial charge in [-0.05, 0) is 37.0 Å². The molecule has 5 nitrogen and oxygen atoms in total. The first-order valence-corrected chi connectivity index (χ1v) is 9.54. The number of carbonyl (C=O) groups is 2. The maximum atomic E-state index is 15.5. The first-order valence-electron chi connectivity index (χ1n) is 9.54. The Morgan fingerprint density at radius 3 is 2.59 bits per heavy atom. The minimum atomic E-state index is -0.258. The van der Waals surface area contributed by atoms with Crippen molar-refractivity contribution in [2.45, 2.75) is 39.0 Å². The van der Waals surface area contributed by atoms with E-state index in [2.05, 4.69) is 0 Å². The van der Waals surface area contributed by atoms with Crippen molar-refractivity contribution in [2.24, 2.45) is 7.05 Å². The highest BCUT2D eigenvalue weighted by Gasteiger charge is 2.30. The van der Waals surface area contributed by atoms with Crippen molar-refractivity contribution in [3.05, 3.63) is 34.8 Å². The number of carbonyl (C=O) groups excluding carboxylic acids is 2. The van der Waals surface area contributed by atoms with Gasteiger partial charge in [-0.2, -0.15) is 0 Å². The van der Waals surface area contributed by atoms with Crippen LogP contribution in [0, 0.1) is 5.82 Å². The number of fused-ring (bicyclic) bond motifs is 1. The van der Waals surface area contributed by atoms with Crippen molar-refractivity contribution < 1.29 is 14.0 Å². The van der Waals surface area contributed by atoms with Gasteiger partial charge in [0.1, 0.15) is 0 Å². The summed E-state index contributed by atoms with van der Waals surface area (Å²) >= 11 is 0. The smallest absolute Gasteiger partial charge is 0.253 e. The number of benzene rings is 1. The number of hydrogen-bond donors (Lipinski definition) is 0. The van der Waals surface area contributed by atoms with E-state index < -0.39 is 0 Å². The maximum absolute atomic E-state index is 15.5. The summed E-state index contributed by atoms with van der Waals surface area (Å²) in [6.45, 7) is 4.86. The molecule has 1 aromatic heterocycles. The molecule has 1 unspecified atom stereocenters. The summed E-state index contributed by atoms with van der Waals surface area (Å²) in [4.78, 5) is 27.5. The Hall–Kier alpha value is -2.37. The summed E-state index contributed by atoms with van der Waals surface area (Å²) in [5.41, 5.74) is 2.96. The van der Waals surface area contributed by atoms with Gasteiger partial charge in [0.15, 0.2) is 5.82 Å². The van der Waals surface area contributed by atoms with E-state index in [0.29, 0.717) is 29.6 Å². The standard InChI is InChI=1S/C21H28FN3O2/c1-6-14-10-16(21(27)23(3)4)11-17-18(22)20(24(5)19(14)17)15-8-7-9-25(12-15)13(2)26/h10-11,15H,6-9,12H2,1-5H3. The summed E-state index contributed by atoms with van der Waals surface area (Å²) < 4.78 is 17.4. The van der Waals surface area contributed by atoms with Crippen LogP contribution in [-0.2, 0) is 18.3 Å². The SMILES string of the molecule is CCc1cc(C(=O)N(C)C)cc2c(F)c(C3CCCN(C(C)=O)C3)n(C)c12. The molecule has 2 heterocycles. The summed E-state index contributed by atoms with van der Waals surface area (Å²) in [5, 5.41) is 0.497. The topological polar surface area (TPSA) is 45.6 Å². The van der Waals surface area contributed by atoms with E-state index in [1.165, 1.54) is 4.90 Å². The predicted octanol–water partition coefficient (Wildman–Crippen LogP) is 3.31. The average Bonchev–Trinajstić information content (AvgIpc) is 2.91. The second kappa shape index (κ2) is 7.33. The molecule has 3 rings (SSSR count). The number of aryl methyl sites for hydroxylation is 2. The van der Waals surface area contributed by atoms with E-state index in [1.807, 2.05) is 24.6 Å². The molecule has 1 aliphatic rings. The van der Waals surface area contributed by atoms with Crippen molar-refractivity contribution in [3.8, 4) is 0 Å². The highest BCUT2D eigenvalue weighted by atomic mass is 19.1. The molecule has 1 aromatic carbocycles. The van der Waals surface area contributed by atoms with Gasteiger partial charge < -0.3 is 14.4 Å². The lowest BCUT2D eigenvalue weighted by molar-refractivity contribution is -0.130. The van der Waals surface area contributed by atoms with Crippen molar-refractivity contribution in [2.75, 3.05) is 27.2 Å². The molecule has 0 bridgehead atoms. The molecule has 2 amide bonds. The second-order valence-corrected chi connectivity index (χ2v) is 7.65. The number of nitrogens with zero attached hydrogens (tertiary/aromatic N) is 3. The predicted molar refractivity (Wildman–Crippen MR) is 105 cm³/mol. The molecular weight excluding hydrogens is 345 g/mol. The Labute approximate surface area is 159 Å². The van der Waals surface area contributed by atoms with Crippen LogP contribution >= 0.6 is 0 Å². The number of rotatable bonds is 3. The lowest BCUT2D eigenvalue weighted by Crippen LogP contribution is -2.38. The molecular formula is C21H28FN3O2. The fraction of sp³-hybridized carbons (Fsp3) is 0.524. The summed E-state index contributed by atoms with van der Waals surface area (Å²) in [6.07, 6.45) is 2.44. The molecule has 0 radical (unpaired) electrons. The second-order valence-electron chi connectivity index (χ2n) is 7.65. The van der Waals surface area contributed by atoms with E-state index in [-0.39, 0.29) is 23.5 Å². The molecule has 1 saturated heterocycles. The quantitative estimate of drug-likeness (QED) is 0.829. The molecule has 1 fully saturated rings. The van der Waals surface area contributed by atoms with Crippen LogP contribution in [-0.4, -0.2) is 53.4 Å². The van der Waals surface area contributed by atoms with E-state index in [0.717, 1.165) is 30.5 Å². The Morgan fingerprint density at radius 2 is 2.00 bits per heavy atom. The summed E-state index contributed by atoms with van der Waals surface area (Å²) in [7, 11) is 5.28. The van der Waals surface area contributed by atoms with Crippen LogP contribution in [0.1, 0.15) is 54.2 Å². The van der Waals surface area contributed by atoms with Crippen molar-refractivity contribution in [1.29, 1.82) is 0 Å². The van der Waals surface area contributed by atoms with Gasteiger partial charge in [-0.25, -0.2) is 4.39 Å². The molecule has 2 aromatic rings. The number of halogens is 1. The summed E-state index contributed by atoms with van der Waals surface area (Å²) in [5.74, 6) is -0.382. The zero-order valence-corrected chi connectivity index (χ0v) is 16.8. The van der Waals surface area contributed by atoms with Crippen molar-refractivity contribution in [1.82, 2.24) is 14.4 Å². The van der Waals surface area contributed by atoms with Crippen LogP contribution in [0.5, 0.6) is 0 Å². The lowest BCUT2D eigenvalue weighted by Gasteiger charge is -2.32. The lowest BCUT2D eigenvalue weighted by atomic mass is 9.94. The first kappa shape index (κ1) is 19.4. The van der Waals surface area contributed by atoms with Gasteiger partial charge in [0.2, 0.25) is 5.91 Å². The third kappa shape index (κ3) is 3.33. The van der Waals surface area contributed by atoms with Gasteiger partial charge >= 0.3 is 0 Å². The number of piperidine rings is 1. The van der Waals surface area contributed by atoms with E-state index in [4.69, 9.17) is 0 Å². The van der Waals surface area contributed by atoms with Gasteiger partial charge in [-0.1, -0.05) is 6.92 Å². The third-order valence-electron chi connectivity index (χ3n) is 5.63. The van der Waals surface area contributed by atoms with Gasteiger partial charge in [0.05, 0.1) is 11.2 Å². The third-order valence-corrected chi connectivity index (χ3v) is 5.63. The minimum absolute atomic E-state index is 0.0299. The van der Waals surface area contributed by atoms with Crippen molar-refractivity contribution >= 4 is 22.7 Å². The molecule has 0 aliphatic carbocycles. The van der Waals surface area contributed by atoms with Gasteiger partial charge in [0, 0.05) is 58.0 Å². The van der Waals surface area contributed by atoms with Crippen molar-refractivity contribution in [3.63, 3.8) is 0 Å². The minimum Gasteiger partial charge on any atom is -0.345 e. The Kier molecular flexibility index (Phi) is 5.27. The Bertz CT molecular complexity index is 901. The maximum Gasteiger partial charge on any atom is 0.253 e. The van der Waals surface area contributed by atoms with Gasteiger partial charge in [-0.15, -0.1) is 0 Å². The molecule has 0 spiro atoms. The van der Waals surface area contributed by atoms with E-state index in [9.17, 15) is 9.59 Å². The van der Waals surface area contributed by atoms with E-state index in [1.54, 1.807) is 32.0 Å². The van der Waals surface area contributed by atoms with Crippen LogP contribution in [0.4, 0.5) is 4.39 Å². The molecule has 0 N–H and O–H groups in total. The fourth-order valence-electron chi connectivity index (χ4n) is 4.25. The number of likely N-dealkylation sites (tertiary alicyclic amines) is 1. The fourth-order valence-corrected chi connectivity index (χ4v) is 4.25. The number of aromatic nitrogens is 1. The largest absolute Gasteiger partial charge is 0.345 e. The van der Waals surface area contributed by atoms with Crippen LogP contribution < -0.4 is 0 Å². The molecule has 6 heteroatoms. The Morgan fingerprint density at radius 1 is 1.30 bits per heavy atom. The monoisotopic (exact) mass is 373 g/mol. The zero-order valence-electron chi connectivity index (χ0n) is 16.8. The van der Waals surface area contributed by atoms with Crippen LogP contribution in [0.3, 0.4) is 0 Å².